The Labute approximate surface area is 166 Å². The first-order chi connectivity index (χ1) is 13.9. The Bertz CT molecular complexity index is 924. The van der Waals surface area contributed by atoms with Crippen LogP contribution in [0.15, 0.2) is 30.5 Å². The number of carbonyl (C=O) groups is 1. The monoisotopic (exact) mass is 406 g/mol. The average molecular weight is 406 g/mol. The highest BCUT2D eigenvalue weighted by Crippen LogP contribution is 2.39. The first-order valence-corrected chi connectivity index (χ1v) is 9.47. The molecule has 0 saturated carbocycles. The van der Waals surface area contributed by atoms with Gasteiger partial charge in [0.1, 0.15) is 5.75 Å². The molecular formula is C21H21F3N2O3. The molecule has 0 bridgehead atoms. The second kappa shape index (κ2) is 7.67. The molecule has 5 nitrogen and oxygen atoms in total. The first-order valence-electron chi connectivity index (χ1n) is 9.47. The normalized spacial score (nSPS) is 19.4. The van der Waals surface area contributed by atoms with Crippen molar-refractivity contribution in [2.75, 3.05) is 38.3 Å². The van der Waals surface area contributed by atoms with Gasteiger partial charge in [0.25, 0.3) is 0 Å². The van der Waals surface area contributed by atoms with Crippen molar-refractivity contribution in [2.24, 2.45) is 5.92 Å². The summed E-state index contributed by atoms with van der Waals surface area (Å²) in [6.07, 6.45) is -2.82. The zero-order valence-electron chi connectivity index (χ0n) is 16.0. The van der Waals surface area contributed by atoms with Gasteiger partial charge in [-0.25, -0.2) is 0 Å². The van der Waals surface area contributed by atoms with Crippen LogP contribution in [0.4, 0.5) is 18.9 Å². The molecule has 8 heteroatoms. The molecular weight excluding hydrogens is 385 g/mol. The van der Waals surface area contributed by atoms with Crippen molar-refractivity contribution >= 4 is 11.5 Å². The van der Waals surface area contributed by atoms with Crippen LogP contribution in [0.2, 0.25) is 0 Å². The predicted molar refractivity (Wildman–Crippen MR) is 100 cm³/mol. The summed E-state index contributed by atoms with van der Waals surface area (Å²) in [5.41, 5.74) is 1.37. The molecule has 2 aliphatic rings. The molecule has 1 saturated heterocycles. The lowest BCUT2D eigenvalue weighted by molar-refractivity contribution is -0.138. The summed E-state index contributed by atoms with van der Waals surface area (Å²) in [6, 6.07) is 5.91. The van der Waals surface area contributed by atoms with Crippen LogP contribution in [0.1, 0.15) is 27.2 Å². The number of aromatic nitrogens is 1. The van der Waals surface area contributed by atoms with Crippen molar-refractivity contribution in [3.63, 3.8) is 0 Å². The number of nitrogens with zero attached hydrogens (tertiary/aromatic N) is 2. The number of alkyl halides is 3. The van der Waals surface area contributed by atoms with Crippen LogP contribution in [0.5, 0.6) is 5.75 Å². The number of hydrogen-bond donors (Lipinski definition) is 0. The minimum Gasteiger partial charge on any atom is -0.495 e. The largest absolute Gasteiger partial charge is 0.495 e. The topological polar surface area (TPSA) is 51.7 Å². The van der Waals surface area contributed by atoms with E-state index in [0.29, 0.717) is 30.9 Å². The summed E-state index contributed by atoms with van der Waals surface area (Å²) in [5.74, 6) is -0.135. The maximum absolute atomic E-state index is 13.3. The molecule has 0 amide bonds. The Hall–Kier alpha value is -2.61. The molecule has 2 aromatic rings. The third-order valence-electron chi connectivity index (χ3n) is 5.49. The third kappa shape index (κ3) is 3.81. The summed E-state index contributed by atoms with van der Waals surface area (Å²) < 4.78 is 50.7. The number of rotatable bonds is 4. The van der Waals surface area contributed by atoms with Gasteiger partial charge in [0.05, 0.1) is 37.3 Å². The van der Waals surface area contributed by atoms with Crippen LogP contribution >= 0.6 is 0 Å². The fraction of sp³-hybridized carbons (Fsp3) is 0.429. The Morgan fingerprint density at radius 3 is 2.72 bits per heavy atom. The van der Waals surface area contributed by atoms with E-state index in [4.69, 9.17) is 9.47 Å². The summed E-state index contributed by atoms with van der Waals surface area (Å²) >= 11 is 0. The lowest BCUT2D eigenvalue weighted by Crippen LogP contribution is -2.36. The van der Waals surface area contributed by atoms with Gasteiger partial charge in [-0.3, -0.25) is 9.78 Å². The molecule has 1 aliphatic carbocycles. The highest BCUT2D eigenvalue weighted by molar-refractivity contribution is 6.03. The quantitative estimate of drug-likeness (QED) is 0.778. The minimum absolute atomic E-state index is 0.0433. The molecule has 0 radical (unpaired) electrons. The summed E-state index contributed by atoms with van der Waals surface area (Å²) in [4.78, 5) is 19.0. The number of fused-ring (bicyclic) bond motifs is 1. The lowest BCUT2D eigenvalue weighted by Gasteiger charge is -2.30. The number of ether oxygens (including phenoxy) is 2. The zero-order chi connectivity index (χ0) is 20.6. The van der Waals surface area contributed by atoms with Crippen LogP contribution < -0.4 is 9.64 Å². The molecule has 0 N–H and O–H groups in total. The maximum Gasteiger partial charge on any atom is 0.418 e. The summed E-state index contributed by atoms with van der Waals surface area (Å²) in [5, 5.41) is 0. The van der Waals surface area contributed by atoms with Crippen molar-refractivity contribution in [3.05, 3.63) is 52.8 Å². The number of carbonyl (C=O) groups excluding carboxylic acids is 1. The van der Waals surface area contributed by atoms with E-state index in [1.807, 2.05) is 6.07 Å². The second-order valence-electron chi connectivity index (χ2n) is 7.25. The van der Waals surface area contributed by atoms with Crippen molar-refractivity contribution in [1.82, 2.24) is 4.98 Å². The van der Waals surface area contributed by atoms with E-state index in [0.717, 1.165) is 30.4 Å². The Kier molecular flexibility index (Phi) is 5.21. The molecule has 29 heavy (non-hydrogen) atoms. The molecule has 4 rings (SSSR count). The number of pyridine rings is 1. The number of methoxy groups -OCH3 is 1. The summed E-state index contributed by atoms with van der Waals surface area (Å²) in [7, 11) is 1.55. The molecule has 1 aliphatic heterocycles. The third-order valence-corrected chi connectivity index (χ3v) is 5.49. The highest BCUT2D eigenvalue weighted by Gasteiger charge is 2.38. The van der Waals surface area contributed by atoms with Gasteiger partial charge in [-0.1, -0.05) is 0 Å². The molecule has 2 heterocycles. The average Bonchev–Trinajstić information content (AvgIpc) is 3.02. The van der Waals surface area contributed by atoms with Crippen LogP contribution in [0, 0.1) is 5.92 Å². The van der Waals surface area contributed by atoms with Crippen LogP contribution in [-0.2, 0) is 23.8 Å². The standard InChI is InChI=1S/C21H21F3N2O3/c1-28-19-12-15-13(11-18(19)26-5-7-29-8-6-26)9-14(20(15)27)10-17-16(21(22,23)24)3-2-4-25-17/h2-4,11-12,14H,5-10H2,1H3. The van der Waals surface area contributed by atoms with Gasteiger partial charge in [-0.05, 0) is 36.2 Å². The Morgan fingerprint density at radius 1 is 1.28 bits per heavy atom. The number of morpholine rings is 1. The number of anilines is 1. The van der Waals surface area contributed by atoms with Gasteiger partial charge in [-0.2, -0.15) is 13.2 Å². The molecule has 154 valence electrons. The minimum atomic E-state index is -4.50. The predicted octanol–water partition coefficient (Wildman–Crippen LogP) is 3.54. The van der Waals surface area contributed by atoms with Crippen LogP contribution in [0.25, 0.3) is 0 Å². The highest BCUT2D eigenvalue weighted by atomic mass is 19.4. The fourth-order valence-corrected chi connectivity index (χ4v) is 4.06. The zero-order valence-corrected chi connectivity index (χ0v) is 16.0. The molecule has 0 spiro atoms. The van der Waals surface area contributed by atoms with E-state index < -0.39 is 17.7 Å². The van der Waals surface area contributed by atoms with E-state index in [2.05, 4.69) is 9.88 Å². The fourth-order valence-electron chi connectivity index (χ4n) is 4.06. The van der Waals surface area contributed by atoms with Gasteiger partial charge in [0.15, 0.2) is 5.78 Å². The Morgan fingerprint density at radius 2 is 2.03 bits per heavy atom. The van der Waals surface area contributed by atoms with Crippen molar-refractivity contribution < 1.29 is 27.4 Å². The smallest absolute Gasteiger partial charge is 0.418 e. The van der Waals surface area contributed by atoms with Crippen molar-refractivity contribution in [2.45, 2.75) is 19.0 Å². The van der Waals surface area contributed by atoms with Crippen molar-refractivity contribution in [3.8, 4) is 5.75 Å². The molecule has 1 fully saturated rings. The van der Waals surface area contributed by atoms with E-state index in [-0.39, 0.29) is 17.9 Å². The molecule has 1 atom stereocenters. The van der Waals surface area contributed by atoms with Crippen molar-refractivity contribution in [1.29, 1.82) is 0 Å². The van der Waals surface area contributed by atoms with Gasteiger partial charge >= 0.3 is 6.18 Å². The van der Waals surface area contributed by atoms with Crippen LogP contribution in [-0.4, -0.2) is 44.2 Å². The van der Waals surface area contributed by atoms with E-state index >= 15 is 0 Å². The first kappa shape index (κ1) is 19.7. The molecule has 1 unspecified atom stereocenters. The number of halogens is 3. The van der Waals surface area contributed by atoms with Gasteiger partial charge in [0, 0.05) is 37.2 Å². The summed E-state index contributed by atoms with van der Waals surface area (Å²) in [6.45, 7) is 2.66. The lowest BCUT2D eigenvalue weighted by atomic mass is 9.96. The SMILES string of the molecule is COc1cc2c(cc1N1CCOCC1)CC(Cc1ncccc1C(F)(F)F)C2=O. The van der Waals surface area contributed by atoms with E-state index in [1.165, 1.54) is 12.3 Å². The van der Waals surface area contributed by atoms with Gasteiger partial charge in [-0.15, -0.1) is 0 Å². The van der Waals surface area contributed by atoms with E-state index in [9.17, 15) is 18.0 Å². The van der Waals surface area contributed by atoms with Gasteiger partial charge < -0.3 is 14.4 Å². The van der Waals surface area contributed by atoms with Crippen LogP contribution in [0.3, 0.4) is 0 Å². The number of Topliss-reactive ketones (excluding diaryl/α,β-unsaturated/α-hetero) is 1. The number of ketones is 1. The second-order valence-corrected chi connectivity index (χ2v) is 7.25. The number of hydrogen-bond acceptors (Lipinski definition) is 5. The van der Waals surface area contributed by atoms with Gasteiger partial charge in [0.2, 0.25) is 0 Å². The maximum atomic E-state index is 13.3. The molecule has 1 aromatic carbocycles. The van der Waals surface area contributed by atoms with E-state index in [1.54, 1.807) is 13.2 Å². The Balaban J connectivity index is 1.62. The molecule has 1 aromatic heterocycles. The number of benzene rings is 1.